The van der Waals surface area contributed by atoms with Gasteiger partial charge in [0.1, 0.15) is 13.2 Å². The van der Waals surface area contributed by atoms with Crippen LogP contribution >= 0.6 is 0 Å². The van der Waals surface area contributed by atoms with Crippen LogP contribution in [0.4, 0.5) is 11.4 Å². The van der Waals surface area contributed by atoms with Crippen LogP contribution in [0, 0.1) is 0 Å². The smallest absolute Gasteiger partial charge is 0.163 e. The Kier molecular flexibility index (Phi) is 3.16. The first-order chi connectivity index (χ1) is 9.46. The van der Waals surface area contributed by atoms with Crippen LogP contribution in [0.5, 0.6) is 11.5 Å². The zero-order valence-corrected chi connectivity index (χ0v) is 12.1. The summed E-state index contributed by atoms with van der Waals surface area (Å²) in [7, 11) is -1.05. The Morgan fingerprint density at radius 1 is 1.25 bits per heavy atom. The number of rotatable bonds is 2. The van der Waals surface area contributed by atoms with E-state index in [4.69, 9.17) is 15.2 Å². The molecule has 0 bridgehead atoms. The van der Waals surface area contributed by atoms with Gasteiger partial charge in [-0.2, -0.15) is 0 Å². The number of anilines is 2. The second kappa shape index (κ2) is 4.73. The van der Waals surface area contributed by atoms with Gasteiger partial charge in [0.15, 0.2) is 21.3 Å². The molecule has 0 spiro atoms. The maximum Gasteiger partial charge on any atom is 0.163 e. The number of fused-ring (bicyclic) bond motifs is 1. The summed E-state index contributed by atoms with van der Waals surface area (Å²) < 4.78 is 34.2. The highest BCUT2D eigenvalue weighted by molar-refractivity contribution is 7.91. The van der Waals surface area contributed by atoms with Crippen LogP contribution < -0.4 is 20.1 Å². The number of nitrogens with zero attached hydrogens (tertiary/aromatic N) is 1. The molecule has 7 heteroatoms. The molecule has 20 heavy (non-hydrogen) atoms. The number of benzene rings is 1. The molecule has 0 saturated carbocycles. The molecule has 0 aliphatic carbocycles. The van der Waals surface area contributed by atoms with Gasteiger partial charge in [-0.05, 0) is 6.42 Å². The van der Waals surface area contributed by atoms with Crippen LogP contribution in [-0.2, 0) is 9.84 Å². The van der Waals surface area contributed by atoms with E-state index in [1.165, 1.54) is 0 Å². The molecule has 1 unspecified atom stereocenters. The Morgan fingerprint density at radius 3 is 2.50 bits per heavy atom. The van der Waals surface area contributed by atoms with Crippen molar-refractivity contribution in [2.45, 2.75) is 12.5 Å². The van der Waals surface area contributed by atoms with Gasteiger partial charge in [-0.25, -0.2) is 8.42 Å². The summed E-state index contributed by atoms with van der Waals surface area (Å²) in [4.78, 5) is 1.93. The predicted molar refractivity (Wildman–Crippen MR) is 77.3 cm³/mol. The lowest BCUT2D eigenvalue weighted by Crippen LogP contribution is -2.33. The van der Waals surface area contributed by atoms with E-state index in [1.54, 1.807) is 6.07 Å². The molecule has 0 aromatic heterocycles. The van der Waals surface area contributed by atoms with Gasteiger partial charge in [0.05, 0.1) is 22.9 Å². The maximum absolute atomic E-state index is 11.6. The molecule has 6 nitrogen and oxygen atoms in total. The van der Waals surface area contributed by atoms with Gasteiger partial charge >= 0.3 is 0 Å². The Balaban J connectivity index is 1.90. The fourth-order valence-electron chi connectivity index (χ4n) is 2.68. The molecular weight excluding hydrogens is 280 g/mol. The third kappa shape index (κ3) is 2.37. The first kappa shape index (κ1) is 13.4. The molecule has 1 aromatic rings. The second-order valence-electron chi connectivity index (χ2n) is 5.22. The molecule has 1 aromatic carbocycles. The minimum Gasteiger partial charge on any atom is -0.486 e. The largest absolute Gasteiger partial charge is 0.486 e. The summed E-state index contributed by atoms with van der Waals surface area (Å²) in [6.45, 7) is 1.03. The lowest BCUT2D eigenvalue weighted by molar-refractivity contribution is 0.172. The molecule has 3 rings (SSSR count). The van der Waals surface area contributed by atoms with E-state index >= 15 is 0 Å². The quantitative estimate of drug-likeness (QED) is 0.808. The van der Waals surface area contributed by atoms with Crippen molar-refractivity contribution >= 4 is 21.2 Å². The summed E-state index contributed by atoms with van der Waals surface area (Å²) in [6, 6.07) is 3.53. The lowest BCUT2D eigenvalue weighted by atomic mass is 10.1. The van der Waals surface area contributed by atoms with Gasteiger partial charge in [0.25, 0.3) is 0 Å². The predicted octanol–water partition coefficient (Wildman–Crippen LogP) is 0.663. The highest BCUT2D eigenvalue weighted by Crippen LogP contribution is 2.39. The maximum atomic E-state index is 11.6. The van der Waals surface area contributed by atoms with E-state index in [9.17, 15) is 8.42 Å². The molecule has 0 amide bonds. The number of nitrogen functional groups attached to an aromatic ring is 1. The summed E-state index contributed by atoms with van der Waals surface area (Å²) in [5.41, 5.74) is 7.41. The van der Waals surface area contributed by atoms with Crippen LogP contribution in [0.3, 0.4) is 0 Å². The van der Waals surface area contributed by atoms with E-state index in [2.05, 4.69) is 0 Å². The van der Waals surface area contributed by atoms with Crippen molar-refractivity contribution in [2.75, 3.05) is 42.4 Å². The third-order valence-electron chi connectivity index (χ3n) is 3.83. The Hall–Kier alpha value is -1.63. The fourth-order valence-corrected chi connectivity index (χ4v) is 4.45. The average Bonchev–Trinajstić information content (AvgIpc) is 2.77. The molecular formula is C13H18N2O4S. The first-order valence-electron chi connectivity index (χ1n) is 6.59. The van der Waals surface area contributed by atoms with Crippen molar-refractivity contribution in [2.24, 2.45) is 0 Å². The van der Waals surface area contributed by atoms with Crippen molar-refractivity contribution in [1.82, 2.24) is 0 Å². The zero-order valence-electron chi connectivity index (χ0n) is 11.3. The van der Waals surface area contributed by atoms with Gasteiger partial charge < -0.3 is 20.1 Å². The molecule has 1 atom stereocenters. The number of nitrogens with two attached hydrogens (primary N) is 1. The van der Waals surface area contributed by atoms with E-state index in [0.717, 1.165) is 5.69 Å². The highest BCUT2D eigenvalue weighted by Gasteiger charge is 2.32. The van der Waals surface area contributed by atoms with Crippen molar-refractivity contribution in [1.29, 1.82) is 0 Å². The molecule has 2 aliphatic heterocycles. The Morgan fingerprint density at radius 2 is 1.90 bits per heavy atom. The van der Waals surface area contributed by atoms with Crippen LogP contribution in [0.2, 0.25) is 0 Å². The van der Waals surface area contributed by atoms with E-state index < -0.39 is 9.84 Å². The highest BCUT2D eigenvalue weighted by atomic mass is 32.2. The van der Waals surface area contributed by atoms with E-state index in [-0.39, 0.29) is 17.5 Å². The molecule has 2 heterocycles. The van der Waals surface area contributed by atoms with Gasteiger partial charge in [-0.15, -0.1) is 0 Å². The molecule has 2 N–H and O–H groups in total. The van der Waals surface area contributed by atoms with Crippen LogP contribution in [0.25, 0.3) is 0 Å². The van der Waals surface area contributed by atoms with Gasteiger partial charge in [-0.1, -0.05) is 0 Å². The van der Waals surface area contributed by atoms with Crippen molar-refractivity contribution in [3.63, 3.8) is 0 Å². The molecule has 1 saturated heterocycles. The number of ether oxygens (including phenoxy) is 2. The fraction of sp³-hybridized carbons (Fsp3) is 0.538. The molecule has 0 radical (unpaired) electrons. The summed E-state index contributed by atoms with van der Waals surface area (Å²) >= 11 is 0. The minimum atomic E-state index is -2.92. The van der Waals surface area contributed by atoms with Crippen molar-refractivity contribution in [3.8, 4) is 11.5 Å². The molecule has 1 fully saturated rings. The topological polar surface area (TPSA) is 81.9 Å². The average molecular weight is 298 g/mol. The van der Waals surface area contributed by atoms with Crippen LogP contribution in [0.1, 0.15) is 6.42 Å². The minimum absolute atomic E-state index is 0.0372. The normalized spacial score (nSPS) is 23.6. The summed E-state index contributed by atoms with van der Waals surface area (Å²) in [5.74, 6) is 1.72. The summed E-state index contributed by atoms with van der Waals surface area (Å²) in [5, 5.41) is 0. The lowest BCUT2D eigenvalue weighted by Gasteiger charge is -2.29. The number of sulfone groups is 1. The standard InChI is InChI=1S/C13H18N2O4S/c1-15(9-2-5-20(16,17)8-9)11-7-13-12(6-10(11)14)18-3-4-19-13/h6-7,9H,2-5,8,14H2,1H3. The van der Waals surface area contributed by atoms with Gasteiger partial charge in [0, 0.05) is 25.2 Å². The van der Waals surface area contributed by atoms with Gasteiger partial charge in [0.2, 0.25) is 0 Å². The van der Waals surface area contributed by atoms with Crippen LogP contribution in [-0.4, -0.2) is 46.2 Å². The Bertz CT molecular complexity index is 630. The van der Waals surface area contributed by atoms with E-state index in [1.807, 2.05) is 18.0 Å². The van der Waals surface area contributed by atoms with E-state index in [0.29, 0.717) is 36.8 Å². The van der Waals surface area contributed by atoms with Crippen molar-refractivity contribution in [3.05, 3.63) is 12.1 Å². The second-order valence-corrected chi connectivity index (χ2v) is 7.45. The SMILES string of the molecule is CN(c1cc2c(cc1N)OCCO2)C1CCS(=O)(=O)C1. The van der Waals surface area contributed by atoms with Gasteiger partial charge in [-0.3, -0.25) is 0 Å². The summed E-state index contributed by atoms with van der Waals surface area (Å²) in [6.07, 6.45) is 0.632. The van der Waals surface area contributed by atoms with Crippen LogP contribution in [0.15, 0.2) is 12.1 Å². The Labute approximate surface area is 118 Å². The zero-order chi connectivity index (χ0) is 14.3. The molecule has 2 aliphatic rings. The first-order valence-corrected chi connectivity index (χ1v) is 8.41. The third-order valence-corrected chi connectivity index (χ3v) is 5.58. The number of hydrogen-bond acceptors (Lipinski definition) is 6. The monoisotopic (exact) mass is 298 g/mol. The molecule has 110 valence electrons. The number of hydrogen-bond donors (Lipinski definition) is 1. The van der Waals surface area contributed by atoms with Crippen molar-refractivity contribution < 1.29 is 17.9 Å².